The van der Waals surface area contributed by atoms with Gasteiger partial charge in [0, 0.05) is 30.0 Å². The summed E-state index contributed by atoms with van der Waals surface area (Å²) in [5, 5.41) is 6.84. The van der Waals surface area contributed by atoms with E-state index in [-0.39, 0.29) is 0 Å². The normalized spacial score (nSPS) is 11.9. The van der Waals surface area contributed by atoms with Crippen LogP contribution in [0.2, 0.25) is 0 Å². The van der Waals surface area contributed by atoms with Crippen molar-refractivity contribution in [1.82, 2.24) is 10.3 Å². The van der Waals surface area contributed by atoms with Crippen LogP contribution < -0.4 is 5.32 Å². The van der Waals surface area contributed by atoms with E-state index < -0.39 is 0 Å². The molecular formula is C13H20N2S. The lowest BCUT2D eigenvalue weighted by Crippen LogP contribution is -2.30. The van der Waals surface area contributed by atoms with Gasteiger partial charge in [0.15, 0.2) is 0 Å². The third kappa shape index (κ3) is 4.78. The van der Waals surface area contributed by atoms with E-state index in [0.717, 1.165) is 31.5 Å². The zero-order valence-electron chi connectivity index (χ0n) is 10.3. The Kier molecular flexibility index (Phi) is 6.14. The second kappa shape index (κ2) is 7.43. The van der Waals surface area contributed by atoms with Crippen LogP contribution in [0.4, 0.5) is 0 Å². The van der Waals surface area contributed by atoms with Crippen molar-refractivity contribution in [2.75, 3.05) is 6.54 Å². The van der Waals surface area contributed by atoms with Crippen molar-refractivity contribution < 1.29 is 0 Å². The van der Waals surface area contributed by atoms with E-state index in [9.17, 15) is 0 Å². The van der Waals surface area contributed by atoms with Crippen LogP contribution in [0.15, 0.2) is 5.38 Å². The number of likely N-dealkylation sites (N-methyl/N-ethyl adjacent to an activating group) is 1. The molecule has 0 aliphatic rings. The van der Waals surface area contributed by atoms with Gasteiger partial charge in [-0.15, -0.1) is 23.2 Å². The summed E-state index contributed by atoms with van der Waals surface area (Å²) in [7, 11) is 0. The summed E-state index contributed by atoms with van der Waals surface area (Å²) in [4.78, 5) is 4.50. The van der Waals surface area contributed by atoms with Crippen LogP contribution in [-0.2, 0) is 6.42 Å². The summed E-state index contributed by atoms with van der Waals surface area (Å²) in [6.45, 7) is 7.09. The first-order valence-electron chi connectivity index (χ1n) is 5.80. The average molecular weight is 236 g/mol. The molecule has 0 fully saturated rings. The lowest BCUT2D eigenvalue weighted by Gasteiger charge is -2.14. The minimum absolute atomic E-state index is 0.511. The van der Waals surface area contributed by atoms with Crippen molar-refractivity contribution in [3.63, 3.8) is 0 Å². The number of nitrogens with zero attached hydrogens (tertiary/aromatic N) is 1. The highest BCUT2D eigenvalue weighted by Crippen LogP contribution is 2.13. The fourth-order valence-electron chi connectivity index (χ4n) is 1.64. The molecule has 88 valence electrons. The minimum Gasteiger partial charge on any atom is -0.314 e. The number of aromatic nitrogens is 1. The van der Waals surface area contributed by atoms with E-state index >= 15 is 0 Å². The average Bonchev–Trinajstić information content (AvgIpc) is 2.65. The largest absolute Gasteiger partial charge is 0.314 e. The van der Waals surface area contributed by atoms with Gasteiger partial charge in [-0.1, -0.05) is 6.92 Å². The van der Waals surface area contributed by atoms with Crippen LogP contribution in [-0.4, -0.2) is 17.6 Å². The van der Waals surface area contributed by atoms with Gasteiger partial charge in [-0.3, -0.25) is 0 Å². The molecule has 0 bridgehead atoms. The molecule has 0 spiro atoms. The molecule has 1 heterocycles. The van der Waals surface area contributed by atoms with Gasteiger partial charge in [0.1, 0.15) is 0 Å². The molecule has 1 aromatic heterocycles. The Labute approximate surface area is 102 Å². The standard InChI is InChI=1S/C13H20N2S/c1-4-6-7-8-12(14-5-2)9-13-15-11(3)10-16-13/h10,12,14H,5,7-9H2,1-3H3. The Hall–Kier alpha value is -0.850. The molecule has 3 heteroatoms. The number of nitrogens with one attached hydrogen (secondary N) is 1. The molecule has 0 saturated heterocycles. The summed E-state index contributed by atoms with van der Waals surface area (Å²) in [5.74, 6) is 6.06. The Morgan fingerprint density at radius 3 is 2.94 bits per heavy atom. The van der Waals surface area contributed by atoms with Crippen molar-refractivity contribution in [1.29, 1.82) is 0 Å². The molecule has 0 aliphatic heterocycles. The fourth-order valence-corrected chi connectivity index (χ4v) is 2.50. The van der Waals surface area contributed by atoms with Gasteiger partial charge in [-0.2, -0.15) is 0 Å². The van der Waals surface area contributed by atoms with E-state index in [0.29, 0.717) is 6.04 Å². The predicted molar refractivity (Wildman–Crippen MR) is 70.7 cm³/mol. The van der Waals surface area contributed by atoms with Crippen LogP contribution in [0, 0.1) is 18.8 Å². The lowest BCUT2D eigenvalue weighted by atomic mass is 10.1. The monoisotopic (exact) mass is 236 g/mol. The SMILES string of the molecule is CC#CCCC(Cc1nc(C)cs1)NCC. The third-order valence-electron chi connectivity index (χ3n) is 2.37. The summed E-state index contributed by atoms with van der Waals surface area (Å²) in [5.41, 5.74) is 1.13. The van der Waals surface area contributed by atoms with Gasteiger partial charge >= 0.3 is 0 Å². The third-order valence-corrected chi connectivity index (χ3v) is 3.36. The summed E-state index contributed by atoms with van der Waals surface area (Å²) >= 11 is 1.76. The van der Waals surface area contributed by atoms with Crippen molar-refractivity contribution >= 4 is 11.3 Å². The van der Waals surface area contributed by atoms with Crippen LogP contribution in [0.3, 0.4) is 0 Å². The number of rotatable bonds is 6. The molecule has 16 heavy (non-hydrogen) atoms. The molecular weight excluding hydrogens is 216 g/mol. The van der Waals surface area contributed by atoms with E-state index in [2.05, 4.69) is 34.4 Å². The van der Waals surface area contributed by atoms with Crippen molar-refractivity contribution in [2.45, 2.75) is 46.1 Å². The molecule has 0 aliphatic carbocycles. The van der Waals surface area contributed by atoms with Crippen molar-refractivity contribution in [3.8, 4) is 11.8 Å². The lowest BCUT2D eigenvalue weighted by molar-refractivity contribution is 0.496. The summed E-state index contributed by atoms with van der Waals surface area (Å²) in [6, 6.07) is 0.511. The quantitative estimate of drug-likeness (QED) is 0.768. The molecule has 0 saturated carbocycles. The highest BCUT2D eigenvalue weighted by Gasteiger charge is 2.09. The second-order valence-electron chi connectivity index (χ2n) is 3.81. The Bertz CT molecular complexity index is 359. The minimum atomic E-state index is 0.511. The molecule has 0 amide bonds. The first kappa shape index (κ1) is 13.2. The Balaban J connectivity index is 2.45. The van der Waals surface area contributed by atoms with Crippen LogP contribution in [0.25, 0.3) is 0 Å². The Morgan fingerprint density at radius 2 is 2.38 bits per heavy atom. The fraction of sp³-hybridized carbons (Fsp3) is 0.615. The van der Waals surface area contributed by atoms with Gasteiger partial charge in [-0.05, 0) is 26.8 Å². The van der Waals surface area contributed by atoms with Gasteiger partial charge in [-0.25, -0.2) is 4.98 Å². The highest BCUT2D eigenvalue weighted by atomic mass is 32.1. The number of thiazole rings is 1. The van der Waals surface area contributed by atoms with Crippen molar-refractivity contribution in [3.05, 3.63) is 16.1 Å². The number of hydrogen-bond donors (Lipinski definition) is 1. The van der Waals surface area contributed by atoms with Crippen LogP contribution in [0.1, 0.15) is 37.4 Å². The first-order valence-corrected chi connectivity index (χ1v) is 6.68. The Morgan fingerprint density at radius 1 is 1.56 bits per heavy atom. The molecule has 1 aromatic rings. The van der Waals surface area contributed by atoms with Gasteiger partial charge in [0.2, 0.25) is 0 Å². The molecule has 1 atom stereocenters. The second-order valence-corrected chi connectivity index (χ2v) is 4.75. The molecule has 2 nitrogen and oxygen atoms in total. The zero-order valence-corrected chi connectivity index (χ0v) is 11.2. The number of aryl methyl sites for hydroxylation is 1. The first-order chi connectivity index (χ1) is 7.76. The van der Waals surface area contributed by atoms with Gasteiger partial charge < -0.3 is 5.32 Å². The molecule has 0 aromatic carbocycles. The van der Waals surface area contributed by atoms with Gasteiger partial charge in [0.05, 0.1) is 5.01 Å². The van der Waals surface area contributed by atoms with E-state index in [1.807, 2.05) is 13.8 Å². The maximum absolute atomic E-state index is 4.50. The molecule has 0 radical (unpaired) electrons. The van der Waals surface area contributed by atoms with E-state index in [1.165, 1.54) is 5.01 Å². The molecule has 1 N–H and O–H groups in total. The van der Waals surface area contributed by atoms with Crippen LogP contribution >= 0.6 is 11.3 Å². The number of hydrogen-bond acceptors (Lipinski definition) is 3. The summed E-state index contributed by atoms with van der Waals surface area (Å²) < 4.78 is 0. The maximum Gasteiger partial charge on any atom is 0.0943 e. The topological polar surface area (TPSA) is 24.9 Å². The molecule has 1 rings (SSSR count). The molecule has 1 unspecified atom stereocenters. The zero-order chi connectivity index (χ0) is 11.8. The van der Waals surface area contributed by atoms with Crippen LogP contribution in [0.5, 0.6) is 0 Å². The van der Waals surface area contributed by atoms with E-state index in [4.69, 9.17) is 0 Å². The highest BCUT2D eigenvalue weighted by molar-refractivity contribution is 7.09. The summed E-state index contributed by atoms with van der Waals surface area (Å²) in [6.07, 6.45) is 3.10. The van der Waals surface area contributed by atoms with Gasteiger partial charge in [0.25, 0.3) is 0 Å². The predicted octanol–water partition coefficient (Wildman–Crippen LogP) is 2.78. The van der Waals surface area contributed by atoms with Crippen molar-refractivity contribution in [2.24, 2.45) is 0 Å². The smallest absolute Gasteiger partial charge is 0.0943 e. The van der Waals surface area contributed by atoms with E-state index in [1.54, 1.807) is 11.3 Å². The maximum atomic E-state index is 4.50.